The minimum absolute atomic E-state index is 0.248. The van der Waals surface area contributed by atoms with E-state index in [1.54, 1.807) is 43.3 Å². The molecule has 5 nitrogen and oxygen atoms in total. The Hall–Kier alpha value is -1.99. The molecule has 0 radical (unpaired) electrons. The quantitative estimate of drug-likeness (QED) is 0.705. The second kappa shape index (κ2) is 6.02. The highest BCUT2D eigenvalue weighted by molar-refractivity contribution is 9.11. The van der Waals surface area contributed by atoms with Gasteiger partial charge in [-0.05, 0) is 47.1 Å². The molecule has 0 fully saturated rings. The Morgan fingerprint density at radius 1 is 1.32 bits per heavy atom. The number of para-hydroxylation sites is 1. The van der Waals surface area contributed by atoms with E-state index in [1.165, 1.54) is 11.3 Å². The van der Waals surface area contributed by atoms with Gasteiger partial charge in [0.1, 0.15) is 4.88 Å². The van der Waals surface area contributed by atoms with Gasteiger partial charge in [-0.2, -0.15) is 0 Å². The number of benzene rings is 1. The van der Waals surface area contributed by atoms with E-state index in [9.17, 15) is 9.59 Å². The number of nitrogens with zero attached hydrogens (tertiary/aromatic N) is 1. The maximum atomic E-state index is 12.0. The van der Waals surface area contributed by atoms with Gasteiger partial charge >= 0.3 is 5.97 Å². The van der Waals surface area contributed by atoms with Crippen LogP contribution in [0.4, 0.5) is 0 Å². The molecule has 3 rings (SSSR count). The molecule has 0 aliphatic carbocycles. The van der Waals surface area contributed by atoms with Gasteiger partial charge in [-0.15, -0.1) is 11.3 Å². The Kier molecular flexibility index (Phi) is 4.08. The SMILES string of the molecule is C[C@@H](OC(=O)c1ccc(Br)s1)c1nc2ccccc2c(=O)[nH]1. The lowest BCUT2D eigenvalue weighted by Gasteiger charge is -2.12. The molecule has 0 unspecified atom stereocenters. The number of rotatable bonds is 3. The smallest absolute Gasteiger partial charge is 0.349 e. The first-order chi connectivity index (χ1) is 10.5. The first-order valence-electron chi connectivity index (χ1n) is 6.50. The predicted octanol–water partition coefficient (Wildman–Crippen LogP) is 3.67. The summed E-state index contributed by atoms with van der Waals surface area (Å²) in [4.78, 5) is 31.6. The number of thiophene rings is 1. The fourth-order valence-electron chi connectivity index (χ4n) is 2.00. The van der Waals surface area contributed by atoms with Crippen LogP contribution in [0.25, 0.3) is 10.9 Å². The number of carbonyl (C=O) groups excluding carboxylic acids is 1. The van der Waals surface area contributed by atoms with Crippen molar-refractivity contribution in [3.8, 4) is 0 Å². The summed E-state index contributed by atoms with van der Waals surface area (Å²) in [5.74, 6) is -0.119. The number of carbonyl (C=O) groups is 1. The lowest BCUT2D eigenvalue weighted by molar-refractivity contribution is 0.0326. The van der Waals surface area contributed by atoms with Gasteiger partial charge in [0.15, 0.2) is 11.9 Å². The average molecular weight is 379 g/mol. The monoisotopic (exact) mass is 378 g/mol. The molecule has 3 aromatic rings. The summed E-state index contributed by atoms with van der Waals surface area (Å²) in [5.41, 5.74) is 0.324. The minimum atomic E-state index is -0.648. The number of ether oxygens (including phenoxy) is 1. The van der Waals surface area contributed by atoms with Crippen molar-refractivity contribution in [3.05, 3.63) is 61.2 Å². The maximum Gasteiger partial charge on any atom is 0.349 e. The fourth-order valence-corrected chi connectivity index (χ4v) is 3.26. The van der Waals surface area contributed by atoms with Crippen molar-refractivity contribution < 1.29 is 9.53 Å². The van der Waals surface area contributed by atoms with E-state index in [2.05, 4.69) is 25.9 Å². The molecule has 112 valence electrons. The van der Waals surface area contributed by atoms with Crippen molar-refractivity contribution in [2.45, 2.75) is 13.0 Å². The summed E-state index contributed by atoms with van der Waals surface area (Å²) >= 11 is 4.59. The number of aromatic amines is 1. The van der Waals surface area contributed by atoms with E-state index in [-0.39, 0.29) is 5.56 Å². The molecule has 0 aliphatic heterocycles. The van der Waals surface area contributed by atoms with E-state index in [0.717, 1.165) is 3.79 Å². The molecule has 2 aromatic heterocycles. The van der Waals surface area contributed by atoms with Crippen molar-refractivity contribution in [1.29, 1.82) is 0 Å². The third-order valence-corrected chi connectivity index (χ3v) is 4.68. The molecular weight excluding hydrogens is 368 g/mol. The van der Waals surface area contributed by atoms with Crippen molar-refractivity contribution in [1.82, 2.24) is 9.97 Å². The lowest BCUT2D eigenvalue weighted by atomic mass is 10.2. The molecular formula is C15H11BrN2O3S. The Morgan fingerprint density at radius 2 is 2.09 bits per heavy atom. The van der Waals surface area contributed by atoms with E-state index in [1.807, 2.05) is 0 Å². The van der Waals surface area contributed by atoms with E-state index in [0.29, 0.717) is 21.6 Å². The first-order valence-corrected chi connectivity index (χ1v) is 8.11. The van der Waals surface area contributed by atoms with Gasteiger partial charge in [0, 0.05) is 0 Å². The standard InChI is InChI=1S/C15H11BrN2O3S/c1-8(21-15(20)11-6-7-12(16)22-11)13-17-10-5-3-2-4-9(10)14(19)18-13/h2-8H,1H3,(H,17,18,19)/t8-/m1/s1. The molecule has 0 amide bonds. The number of hydrogen-bond acceptors (Lipinski definition) is 5. The van der Waals surface area contributed by atoms with Crippen LogP contribution in [0.15, 0.2) is 45.0 Å². The normalized spacial score (nSPS) is 12.3. The number of nitrogens with one attached hydrogen (secondary N) is 1. The third kappa shape index (κ3) is 2.95. The predicted molar refractivity (Wildman–Crippen MR) is 88.2 cm³/mol. The van der Waals surface area contributed by atoms with Gasteiger partial charge in [0.2, 0.25) is 0 Å². The van der Waals surface area contributed by atoms with Gasteiger partial charge in [0.05, 0.1) is 14.7 Å². The second-order valence-corrected chi connectivity index (χ2v) is 7.08. The van der Waals surface area contributed by atoms with Crippen LogP contribution < -0.4 is 5.56 Å². The molecule has 2 heterocycles. The largest absolute Gasteiger partial charge is 0.450 e. The molecule has 0 saturated carbocycles. The Bertz CT molecular complexity index is 903. The summed E-state index contributed by atoms with van der Waals surface area (Å²) < 4.78 is 6.21. The number of esters is 1. The van der Waals surface area contributed by atoms with Crippen LogP contribution >= 0.6 is 27.3 Å². The third-order valence-electron chi connectivity index (χ3n) is 3.07. The molecule has 0 saturated heterocycles. The topological polar surface area (TPSA) is 72.0 Å². The zero-order chi connectivity index (χ0) is 15.7. The molecule has 7 heteroatoms. The van der Waals surface area contributed by atoms with Crippen LogP contribution in [0.5, 0.6) is 0 Å². The van der Waals surface area contributed by atoms with Crippen LogP contribution in [0.2, 0.25) is 0 Å². The van der Waals surface area contributed by atoms with E-state index >= 15 is 0 Å². The summed E-state index contributed by atoms with van der Waals surface area (Å²) in [7, 11) is 0. The molecule has 0 spiro atoms. The second-order valence-electron chi connectivity index (χ2n) is 4.62. The number of H-pyrrole nitrogens is 1. The Balaban J connectivity index is 1.87. The van der Waals surface area contributed by atoms with Crippen LogP contribution in [-0.4, -0.2) is 15.9 Å². The molecule has 22 heavy (non-hydrogen) atoms. The highest BCUT2D eigenvalue weighted by atomic mass is 79.9. The van der Waals surface area contributed by atoms with Gasteiger partial charge in [-0.25, -0.2) is 9.78 Å². The summed E-state index contributed by atoms with van der Waals surface area (Å²) in [6.45, 7) is 1.67. The van der Waals surface area contributed by atoms with Gasteiger partial charge in [0.25, 0.3) is 5.56 Å². The van der Waals surface area contributed by atoms with Gasteiger partial charge < -0.3 is 9.72 Å². The highest BCUT2D eigenvalue weighted by Gasteiger charge is 2.18. The van der Waals surface area contributed by atoms with Crippen molar-refractivity contribution >= 4 is 44.1 Å². The van der Waals surface area contributed by atoms with E-state index < -0.39 is 12.1 Å². The zero-order valence-corrected chi connectivity index (χ0v) is 13.9. The first kappa shape index (κ1) is 14.9. The van der Waals surface area contributed by atoms with Crippen molar-refractivity contribution in [2.24, 2.45) is 0 Å². The highest BCUT2D eigenvalue weighted by Crippen LogP contribution is 2.24. The number of halogens is 1. The fraction of sp³-hybridized carbons (Fsp3) is 0.133. The summed E-state index contributed by atoms with van der Waals surface area (Å²) in [5, 5.41) is 0.506. The molecule has 1 aromatic carbocycles. The molecule has 1 N–H and O–H groups in total. The Morgan fingerprint density at radius 3 is 2.82 bits per heavy atom. The van der Waals surface area contributed by atoms with Crippen LogP contribution in [-0.2, 0) is 4.74 Å². The molecule has 1 atom stereocenters. The van der Waals surface area contributed by atoms with Gasteiger partial charge in [-0.3, -0.25) is 4.79 Å². The Labute approximate surface area is 138 Å². The molecule has 0 aliphatic rings. The maximum absolute atomic E-state index is 12.0. The average Bonchev–Trinajstić information content (AvgIpc) is 2.94. The summed E-state index contributed by atoms with van der Waals surface area (Å²) in [6.07, 6.45) is -0.648. The van der Waals surface area contributed by atoms with Gasteiger partial charge in [-0.1, -0.05) is 12.1 Å². The van der Waals surface area contributed by atoms with Crippen LogP contribution in [0.1, 0.15) is 28.5 Å². The number of fused-ring (bicyclic) bond motifs is 1. The minimum Gasteiger partial charge on any atom is -0.450 e. The lowest BCUT2D eigenvalue weighted by Crippen LogP contribution is -2.17. The van der Waals surface area contributed by atoms with Crippen LogP contribution in [0, 0.1) is 0 Å². The number of aromatic nitrogens is 2. The molecule has 0 bridgehead atoms. The van der Waals surface area contributed by atoms with Crippen molar-refractivity contribution in [2.75, 3.05) is 0 Å². The van der Waals surface area contributed by atoms with Crippen LogP contribution in [0.3, 0.4) is 0 Å². The summed E-state index contributed by atoms with van der Waals surface area (Å²) in [6, 6.07) is 10.5. The number of hydrogen-bond donors (Lipinski definition) is 1. The van der Waals surface area contributed by atoms with E-state index in [4.69, 9.17) is 4.74 Å². The van der Waals surface area contributed by atoms with Crippen molar-refractivity contribution in [3.63, 3.8) is 0 Å². The zero-order valence-electron chi connectivity index (χ0n) is 11.5.